The van der Waals surface area contributed by atoms with Crippen LogP contribution in [0.4, 0.5) is 0 Å². The van der Waals surface area contributed by atoms with Crippen molar-refractivity contribution in [3.05, 3.63) is 35.4 Å². The molecule has 114 valence electrons. The van der Waals surface area contributed by atoms with Gasteiger partial charge in [0.2, 0.25) is 0 Å². The molecular formula is C16H27NO3. The van der Waals surface area contributed by atoms with Crippen LogP contribution in [0.25, 0.3) is 0 Å². The predicted molar refractivity (Wildman–Crippen MR) is 80.7 cm³/mol. The number of ether oxygens (including phenoxy) is 1. The van der Waals surface area contributed by atoms with E-state index >= 15 is 0 Å². The van der Waals surface area contributed by atoms with Crippen molar-refractivity contribution >= 4 is 0 Å². The number of aliphatic hydroxyl groups is 2. The van der Waals surface area contributed by atoms with E-state index in [1.165, 1.54) is 5.56 Å². The minimum absolute atomic E-state index is 0.299. The van der Waals surface area contributed by atoms with Gasteiger partial charge in [0.15, 0.2) is 0 Å². The van der Waals surface area contributed by atoms with Crippen LogP contribution in [-0.4, -0.2) is 43.1 Å². The van der Waals surface area contributed by atoms with E-state index in [0.717, 1.165) is 12.0 Å². The summed E-state index contributed by atoms with van der Waals surface area (Å²) in [4.78, 5) is 0. The third-order valence-corrected chi connectivity index (χ3v) is 3.09. The number of benzene rings is 1. The van der Waals surface area contributed by atoms with E-state index in [1.807, 2.05) is 12.1 Å². The molecule has 0 bridgehead atoms. The second-order valence-electron chi connectivity index (χ2n) is 5.62. The minimum atomic E-state index is -0.558. The van der Waals surface area contributed by atoms with E-state index in [9.17, 15) is 10.2 Å². The van der Waals surface area contributed by atoms with Crippen LogP contribution < -0.4 is 5.32 Å². The van der Waals surface area contributed by atoms with Crippen molar-refractivity contribution in [1.29, 1.82) is 0 Å². The molecule has 4 nitrogen and oxygen atoms in total. The van der Waals surface area contributed by atoms with Crippen molar-refractivity contribution in [1.82, 2.24) is 5.32 Å². The lowest BCUT2D eigenvalue weighted by molar-refractivity contribution is 0.0616. The molecule has 0 heterocycles. The molecule has 0 saturated carbocycles. The van der Waals surface area contributed by atoms with Crippen LogP contribution in [-0.2, 0) is 11.2 Å². The van der Waals surface area contributed by atoms with Gasteiger partial charge in [-0.1, -0.05) is 38.1 Å². The van der Waals surface area contributed by atoms with E-state index < -0.39 is 12.2 Å². The summed E-state index contributed by atoms with van der Waals surface area (Å²) in [6.45, 7) is 5.52. The van der Waals surface area contributed by atoms with Crippen LogP contribution in [0.1, 0.15) is 31.1 Å². The van der Waals surface area contributed by atoms with Crippen molar-refractivity contribution < 1.29 is 14.9 Å². The molecule has 0 amide bonds. The summed E-state index contributed by atoms with van der Waals surface area (Å²) in [7, 11) is 1.55. The highest BCUT2D eigenvalue weighted by Crippen LogP contribution is 2.15. The van der Waals surface area contributed by atoms with Crippen molar-refractivity contribution in [2.24, 2.45) is 5.92 Å². The fourth-order valence-corrected chi connectivity index (χ4v) is 2.10. The topological polar surface area (TPSA) is 61.7 Å². The van der Waals surface area contributed by atoms with E-state index in [4.69, 9.17) is 4.74 Å². The van der Waals surface area contributed by atoms with Gasteiger partial charge in [0.1, 0.15) is 0 Å². The molecule has 2 unspecified atom stereocenters. The molecule has 20 heavy (non-hydrogen) atoms. The molecule has 0 spiro atoms. The molecule has 0 radical (unpaired) electrons. The highest BCUT2D eigenvalue weighted by molar-refractivity contribution is 5.24. The van der Waals surface area contributed by atoms with Crippen LogP contribution in [0.3, 0.4) is 0 Å². The lowest BCUT2D eigenvalue weighted by atomic mass is 10.0. The fourth-order valence-electron chi connectivity index (χ4n) is 2.10. The van der Waals surface area contributed by atoms with Crippen molar-refractivity contribution in [2.75, 3.05) is 26.8 Å². The molecule has 4 heteroatoms. The maximum atomic E-state index is 10.1. The van der Waals surface area contributed by atoms with Gasteiger partial charge in [-0.3, -0.25) is 0 Å². The lowest BCUT2D eigenvalue weighted by Gasteiger charge is -2.15. The van der Waals surface area contributed by atoms with Gasteiger partial charge in [-0.15, -0.1) is 0 Å². The van der Waals surface area contributed by atoms with Gasteiger partial charge in [0.05, 0.1) is 18.8 Å². The zero-order valence-corrected chi connectivity index (χ0v) is 12.7. The van der Waals surface area contributed by atoms with E-state index in [1.54, 1.807) is 7.11 Å². The van der Waals surface area contributed by atoms with Gasteiger partial charge in [-0.25, -0.2) is 0 Å². The normalized spacial score (nSPS) is 14.5. The highest BCUT2D eigenvalue weighted by atomic mass is 16.5. The summed E-state index contributed by atoms with van der Waals surface area (Å²) in [5.41, 5.74) is 2.19. The van der Waals surface area contributed by atoms with Crippen molar-refractivity contribution in [3.63, 3.8) is 0 Å². The van der Waals surface area contributed by atoms with Gasteiger partial charge in [0.25, 0.3) is 0 Å². The van der Waals surface area contributed by atoms with E-state index in [0.29, 0.717) is 25.6 Å². The maximum Gasteiger partial charge on any atom is 0.0914 e. The molecule has 0 saturated heterocycles. The lowest BCUT2D eigenvalue weighted by Crippen LogP contribution is -2.32. The molecule has 1 aromatic rings. The monoisotopic (exact) mass is 281 g/mol. The second kappa shape index (κ2) is 9.08. The number of nitrogens with one attached hydrogen (secondary N) is 1. The zero-order valence-electron chi connectivity index (χ0n) is 12.7. The first-order chi connectivity index (χ1) is 9.52. The maximum absolute atomic E-state index is 10.1. The molecule has 0 aliphatic heterocycles. The van der Waals surface area contributed by atoms with Gasteiger partial charge in [-0.2, -0.15) is 0 Å². The van der Waals surface area contributed by atoms with Crippen LogP contribution in [0.5, 0.6) is 0 Å². The Morgan fingerprint density at radius 2 is 1.75 bits per heavy atom. The first-order valence-corrected chi connectivity index (χ1v) is 7.17. The molecule has 1 rings (SSSR count). The average molecular weight is 281 g/mol. The largest absolute Gasteiger partial charge is 0.389 e. The quantitative estimate of drug-likeness (QED) is 0.642. The Labute approximate surface area is 121 Å². The van der Waals surface area contributed by atoms with Crippen molar-refractivity contribution in [3.8, 4) is 0 Å². The molecule has 0 aliphatic rings. The highest BCUT2D eigenvalue weighted by Gasteiger charge is 2.09. The Morgan fingerprint density at radius 1 is 1.10 bits per heavy atom. The van der Waals surface area contributed by atoms with Gasteiger partial charge >= 0.3 is 0 Å². The Morgan fingerprint density at radius 3 is 2.30 bits per heavy atom. The molecule has 2 atom stereocenters. The number of hydrogen-bond donors (Lipinski definition) is 3. The summed E-state index contributed by atoms with van der Waals surface area (Å²) < 4.78 is 4.84. The van der Waals surface area contributed by atoms with E-state index in [2.05, 4.69) is 31.3 Å². The first-order valence-electron chi connectivity index (χ1n) is 7.17. The third-order valence-electron chi connectivity index (χ3n) is 3.09. The molecule has 1 aromatic carbocycles. The first kappa shape index (κ1) is 17.1. The molecule has 0 fully saturated rings. The Kier molecular flexibility index (Phi) is 7.77. The van der Waals surface area contributed by atoms with Crippen LogP contribution in [0.2, 0.25) is 0 Å². The summed E-state index contributed by atoms with van der Waals surface area (Å²) in [6, 6.07) is 8.07. The van der Waals surface area contributed by atoms with Gasteiger partial charge in [0, 0.05) is 20.2 Å². The van der Waals surface area contributed by atoms with Crippen LogP contribution in [0.15, 0.2) is 24.3 Å². The minimum Gasteiger partial charge on any atom is -0.389 e. The SMILES string of the molecule is COCC(O)CNCC(O)c1ccc(CC(C)C)cc1. The summed E-state index contributed by atoms with van der Waals surface area (Å²) in [5.74, 6) is 0.634. The fraction of sp³-hybridized carbons (Fsp3) is 0.625. The Balaban J connectivity index is 2.37. The summed E-state index contributed by atoms with van der Waals surface area (Å²) in [5, 5.41) is 22.6. The smallest absolute Gasteiger partial charge is 0.0914 e. The number of methoxy groups -OCH3 is 1. The number of aliphatic hydroxyl groups excluding tert-OH is 2. The second-order valence-corrected chi connectivity index (χ2v) is 5.62. The molecular weight excluding hydrogens is 254 g/mol. The van der Waals surface area contributed by atoms with Crippen LogP contribution in [0, 0.1) is 5.92 Å². The standard InChI is InChI=1S/C16H27NO3/c1-12(2)8-13-4-6-14(7-5-13)16(19)10-17-9-15(18)11-20-3/h4-7,12,15-19H,8-11H2,1-3H3. The Hall–Kier alpha value is -0.940. The average Bonchev–Trinajstić information content (AvgIpc) is 2.39. The van der Waals surface area contributed by atoms with E-state index in [-0.39, 0.29) is 0 Å². The molecule has 0 aliphatic carbocycles. The summed E-state index contributed by atoms with van der Waals surface area (Å²) in [6.07, 6.45) is -0.0452. The third kappa shape index (κ3) is 6.48. The summed E-state index contributed by atoms with van der Waals surface area (Å²) >= 11 is 0. The molecule has 0 aromatic heterocycles. The number of hydrogen-bond acceptors (Lipinski definition) is 4. The number of rotatable bonds is 9. The zero-order chi connectivity index (χ0) is 15.0. The molecule has 3 N–H and O–H groups in total. The predicted octanol–water partition coefficient (Wildman–Crippen LogP) is 1.52. The van der Waals surface area contributed by atoms with Gasteiger partial charge < -0.3 is 20.3 Å². The van der Waals surface area contributed by atoms with Crippen molar-refractivity contribution in [2.45, 2.75) is 32.5 Å². The van der Waals surface area contributed by atoms with Gasteiger partial charge in [-0.05, 0) is 23.5 Å². The Bertz CT molecular complexity index is 364. The van der Waals surface area contributed by atoms with Crippen LogP contribution >= 0.6 is 0 Å².